The van der Waals surface area contributed by atoms with E-state index in [0.717, 1.165) is 50.6 Å². The highest BCUT2D eigenvalue weighted by Crippen LogP contribution is 2.39. The lowest BCUT2D eigenvalue weighted by Gasteiger charge is -2.27. The van der Waals surface area contributed by atoms with Crippen molar-refractivity contribution in [2.24, 2.45) is 0 Å². The van der Waals surface area contributed by atoms with Crippen molar-refractivity contribution in [3.05, 3.63) is 11.3 Å². The quantitative estimate of drug-likeness (QED) is 0.0512. The average molecular weight is 708 g/mol. The SMILES string of the molecule is CCCCCCCCCCCCCCCCOC1=C(CCCCCCCCCCCCCCCC)C(C)(COC(=O)CCCN(C)C)O[C@H]1O. The van der Waals surface area contributed by atoms with Gasteiger partial charge in [-0.25, -0.2) is 0 Å². The van der Waals surface area contributed by atoms with E-state index in [4.69, 9.17) is 14.2 Å². The first kappa shape index (κ1) is 46.9. The van der Waals surface area contributed by atoms with Crippen molar-refractivity contribution in [1.29, 1.82) is 0 Å². The third-order valence-corrected chi connectivity index (χ3v) is 10.6. The second-order valence-electron chi connectivity index (χ2n) is 15.9. The van der Waals surface area contributed by atoms with Crippen LogP contribution in [-0.4, -0.2) is 61.7 Å². The summed E-state index contributed by atoms with van der Waals surface area (Å²) in [5, 5.41) is 10.9. The minimum Gasteiger partial charge on any atom is -0.492 e. The maximum atomic E-state index is 12.5. The number of ether oxygens (including phenoxy) is 3. The van der Waals surface area contributed by atoms with Gasteiger partial charge in [-0.15, -0.1) is 0 Å². The highest BCUT2D eigenvalue weighted by Gasteiger charge is 2.45. The maximum Gasteiger partial charge on any atom is 0.305 e. The molecule has 0 aromatic carbocycles. The highest BCUT2D eigenvalue weighted by molar-refractivity contribution is 5.69. The number of esters is 1. The molecule has 1 aliphatic heterocycles. The normalized spacial score (nSPS) is 17.7. The van der Waals surface area contributed by atoms with Gasteiger partial charge >= 0.3 is 5.97 Å². The lowest BCUT2D eigenvalue weighted by molar-refractivity contribution is -0.170. The van der Waals surface area contributed by atoms with Crippen molar-refractivity contribution in [1.82, 2.24) is 4.90 Å². The fraction of sp³-hybridized carbons (Fsp3) is 0.932. The van der Waals surface area contributed by atoms with Gasteiger partial charge in [-0.05, 0) is 53.2 Å². The molecule has 1 aliphatic rings. The predicted molar refractivity (Wildman–Crippen MR) is 212 cm³/mol. The van der Waals surface area contributed by atoms with Crippen LogP contribution in [0.1, 0.15) is 220 Å². The van der Waals surface area contributed by atoms with Crippen molar-refractivity contribution in [3.8, 4) is 0 Å². The number of hydrogen-bond donors (Lipinski definition) is 1. The molecule has 6 nitrogen and oxygen atoms in total. The van der Waals surface area contributed by atoms with E-state index in [9.17, 15) is 9.90 Å². The molecule has 6 heteroatoms. The van der Waals surface area contributed by atoms with Crippen LogP contribution in [0.25, 0.3) is 0 Å². The van der Waals surface area contributed by atoms with E-state index in [1.165, 1.54) is 154 Å². The molecule has 296 valence electrons. The van der Waals surface area contributed by atoms with Crippen LogP contribution in [0.4, 0.5) is 0 Å². The summed E-state index contributed by atoms with van der Waals surface area (Å²) >= 11 is 0. The molecule has 1 unspecified atom stereocenters. The number of unbranched alkanes of at least 4 members (excludes halogenated alkanes) is 26. The first-order valence-electron chi connectivity index (χ1n) is 21.9. The molecule has 0 spiro atoms. The molecule has 50 heavy (non-hydrogen) atoms. The van der Waals surface area contributed by atoms with Gasteiger partial charge in [0.05, 0.1) is 6.61 Å². The molecular weight excluding hydrogens is 622 g/mol. The Bertz CT molecular complexity index is 814. The topological polar surface area (TPSA) is 68.2 Å². The van der Waals surface area contributed by atoms with Crippen LogP contribution in [0, 0.1) is 0 Å². The first-order valence-corrected chi connectivity index (χ1v) is 21.9. The molecule has 2 atom stereocenters. The minimum atomic E-state index is -1.10. The summed E-state index contributed by atoms with van der Waals surface area (Å²) < 4.78 is 18.0. The van der Waals surface area contributed by atoms with Crippen LogP contribution < -0.4 is 0 Å². The first-order chi connectivity index (χ1) is 24.3. The third kappa shape index (κ3) is 25.0. The Morgan fingerprint density at radius 1 is 0.640 bits per heavy atom. The minimum absolute atomic E-state index is 0.116. The molecule has 0 bridgehead atoms. The van der Waals surface area contributed by atoms with Crippen LogP contribution in [0.3, 0.4) is 0 Å². The van der Waals surface area contributed by atoms with E-state index in [2.05, 4.69) is 18.7 Å². The molecule has 0 fully saturated rings. The molecular formula is C44H85NO5. The fourth-order valence-corrected chi connectivity index (χ4v) is 7.25. The van der Waals surface area contributed by atoms with Gasteiger partial charge in [0, 0.05) is 12.0 Å². The second kappa shape index (κ2) is 32.5. The Hall–Kier alpha value is -1.11. The molecule has 1 rings (SSSR count). The van der Waals surface area contributed by atoms with Crippen molar-refractivity contribution in [2.45, 2.75) is 232 Å². The number of carbonyl (C=O) groups is 1. The fourth-order valence-electron chi connectivity index (χ4n) is 7.25. The summed E-state index contributed by atoms with van der Waals surface area (Å²) in [6.07, 6.45) is 37.9. The number of carbonyl (C=O) groups excluding carboxylic acids is 1. The van der Waals surface area contributed by atoms with E-state index in [-0.39, 0.29) is 12.6 Å². The lowest BCUT2D eigenvalue weighted by atomic mass is 9.91. The molecule has 0 saturated heterocycles. The van der Waals surface area contributed by atoms with Crippen molar-refractivity contribution >= 4 is 5.97 Å². The number of hydrogen-bond acceptors (Lipinski definition) is 6. The third-order valence-electron chi connectivity index (χ3n) is 10.6. The summed E-state index contributed by atoms with van der Waals surface area (Å²) in [7, 11) is 4.02. The van der Waals surface area contributed by atoms with Gasteiger partial charge in [-0.1, -0.05) is 181 Å². The molecule has 0 amide bonds. The Kier molecular flexibility index (Phi) is 30.5. The van der Waals surface area contributed by atoms with Crippen LogP contribution in [0.15, 0.2) is 11.3 Å². The summed E-state index contributed by atoms with van der Waals surface area (Å²) in [5.41, 5.74) is 0.133. The van der Waals surface area contributed by atoms with Crippen molar-refractivity contribution in [3.63, 3.8) is 0 Å². The van der Waals surface area contributed by atoms with E-state index in [0.29, 0.717) is 18.8 Å². The Balaban J connectivity index is 2.42. The van der Waals surface area contributed by atoms with Gasteiger partial charge in [0.1, 0.15) is 12.2 Å². The van der Waals surface area contributed by atoms with E-state index in [1.54, 1.807) is 0 Å². The van der Waals surface area contributed by atoms with Crippen LogP contribution in [-0.2, 0) is 19.0 Å². The molecule has 1 N–H and O–H groups in total. The predicted octanol–water partition coefficient (Wildman–Crippen LogP) is 12.6. The van der Waals surface area contributed by atoms with Gasteiger partial charge in [0.25, 0.3) is 0 Å². The number of rotatable bonds is 37. The van der Waals surface area contributed by atoms with Gasteiger partial charge in [-0.3, -0.25) is 4.79 Å². The van der Waals surface area contributed by atoms with Crippen LogP contribution in [0.2, 0.25) is 0 Å². The second-order valence-corrected chi connectivity index (χ2v) is 15.9. The summed E-state index contributed by atoms with van der Waals surface area (Å²) in [6, 6.07) is 0. The maximum absolute atomic E-state index is 12.5. The number of aliphatic hydroxyl groups is 1. The summed E-state index contributed by atoms with van der Waals surface area (Å²) in [5.74, 6) is 0.360. The van der Waals surface area contributed by atoms with Gasteiger partial charge in [0.15, 0.2) is 5.76 Å². The summed E-state index contributed by atoms with van der Waals surface area (Å²) in [6.45, 7) is 8.07. The largest absolute Gasteiger partial charge is 0.492 e. The van der Waals surface area contributed by atoms with Crippen LogP contribution in [0.5, 0.6) is 0 Å². The lowest BCUT2D eigenvalue weighted by Crippen LogP contribution is -2.36. The summed E-state index contributed by atoms with van der Waals surface area (Å²) in [4.78, 5) is 14.6. The number of nitrogens with zero attached hydrogens (tertiary/aromatic N) is 1. The van der Waals surface area contributed by atoms with Gasteiger partial charge in [-0.2, -0.15) is 0 Å². The van der Waals surface area contributed by atoms with E-state index >= 15 is 0 Å². The zero-order valence-corrected chi connectivity index (χ0v) is 34.1. The standard InChI is InChI=1S/C44H85NO5/c1-6-8-10-12-14-16-18-20-22-24-26-28-30-32-35-40-42(43(47)50-44(40,3)39-49-41(46)36-34-37-45(4)5)48-38-33-31-29-27-25-23-21-19-17-15-13-11-9-7-2/h43,47H,6-39H2,1-5H3/t43-,44?/m1/s1. The van der Waals surface area contributed by atoms with Gasteiger partial charge < -0.3 is 24.2 Å². The van der Waals surface area contributed by atoms with E-state index in [1.807, 2.05) is 21.0 Å². The molecule has 1 heterocycles. The Morgan fingerprint density at radius 3 is 1.46 bits per heavy atom. The van der Waals surface area contributed by atoms with E-state index < -0.39 is 11.9 Å². The molecule has 0 aliphatic carbocycles. The Labute approximate surface area is 311 Å². The molecule has 0 radical (unpaired) electrons. The smallest absolute Gasteiger partial charge is 0.305 e. The zero-order chi connectivity index (χ0) is 36.5. The van der Waals surface area contributed by atoms with Crippen LogP contribution >= 0.6 is 0 Å². The average Bonchev–Trinajstić information content (AvgIpc) is 3.33. The van der Waals surface area contributed by atoms with Gasteiger partial charge in [0.2, 0.25) is 6.29 Å². The number of aliphatic hydroxyl groups excluding tert-OH is 1. The van der Waals surface area contributed by atoms with Crippen molar-refractivity contribution in [2.75, 3.05) is 33.9 Å². The molecule has 0 aromatic heterocycles. The molecule has 0 saturated carbocycles. The monoisotopic (exact) mass is 708 g/mol. The highest BCUT2D eigenvalue weighted by atomic mass is 16.7. The Morgan fingerprint density at radius 2 is 1.04 bits per heavy atom. The zero-order valence-electron chi connectivity index (χ0n) is 34.1. The van der Waals surface area contributed by atoms with Crippen molar-refractivity contribution < 1.29 is 24.1 Å². The molecule has 0 aromatic rings.